The summed E-state index contributed by atoms with van der Waals surface area (Å²) < 4.78 is 52.0. The summed E-state index contributed by atoms with van der Waals surface area (Å²) in [6.45, 7) is -0.397. The molecular formula is C8H14F2O3S. The molecule has 0 radical (unpaired) electrons. The molecule has 0 N–H and O–H groups in total. The molecule has 1 rings (SSSR count). The summed E-state index contributed by atoms with van der Waals surface area (Å²) >= 11 is 0. The van der Waals surface area contributed by atoms with Gasteiger partial charge in [-0.05, 0) is 12.8 Å². The summed E-state index contributed by atoms with van der Waals surface area (Å²) in [5, 5.41) is 0. The SMILES string of the molecule is CS(=O)(=O)OCC1CCCCC1(F)F. The maximum absolute atomic E-state index is 13.2. The van der Waals surface area contributed by atoms with Crippen LogP contribution in [-0.4, -0.2) is 27.2 Å². The maximum Gasteiger partial charge on any atom is 0.264 e. The lowest BCUT2D eigenvalue weighted by atomic mass is 9.86. The first kappa shape index (κ1) is 11.8. The van der Waals surface area contributed by atoms with Crippen molar-refractivity contribution in [3.63, 3.8) is 0 Å². The minimum atomic E-state index is -3.61. The molecule has 0 saturated heterocycles. The Kier molecular flexibility index (Phi) is 3.47. The minimum absolute atomic E-state index is 0.162. The van der Waals surface area contributed by atoms with E-state index >= 15 is 0 Å². The Bertz CT molecular complexity index is 287. The fourth-order valence-electron chi connectivity index (χ4n) is 1.58. The van der Waals surface area contributed by atoms with E-state index in [0.717, 1.165) is 6.26 Å². The lowest BCUT2D eigenvalue weighted by Gasteiger charge is -2.30. The van der Waals surface area contributed by atoms with Gasteiger partial charge in [0.15, 0.2) is 0 Å². The lowest BCUT2D eigenvalue weighted by molar-refractivity contribution is -0.0971. The van der Waals surface area contributed by atoms with Crippen molar-refractivity contribution in [1.29, 1.82) is 0 Å². The predicted molar refractivity (Wildman–Crippen MR) is 47.7 cm³/mol. The van der Waals surface area contributed by atoms with Gasteiger partial charge in [0.1, 0.15) is 0 Å². The molecule has 84 valence electrons. The highest BCUT2D eigenvalue weighted by molar-refractivity contribution is 7.85. The highest BCUT2D eigenvalue weighted by atomic mass is 32.2. The molecule has 0 aliphatic heterocycles. The topological polar surface area (TPSA) is 43.4 Å². The van der Waals surface area contributed by atoms with Crippen LogP contribution in [0.2, 0.25) is 0 Å². The number of alkyl halides is 2. The van der Waals surface area contributed by atoms with Gasteiger partial charge in [0, 0.05) is 12.3 Å². The van der Waals surface area contributed by atoms with E-state index in [0.29, 0.717) is 19.3 Å². The Morgan fingerprint density at radius 1 is 1.43 bits per heavy atom. The first-order valence-corrected chi connectivity index (χ1v) is 6.35. The van der Waals surface area contributed by atoms with Crippen LogP contribution in [0.5, 0.6) is 0 Å². The molecule has 0 aromatic heterocycles. The van der Waals surface area contributed by atoms with Crippen LogP contribution in [-0.2, 0) is 14.3 Å². The zero-order chi connectivity index (χ0) is 10.8. The van der Waals surface area contributed by atoms with Gasteiger partial charge in [-0.2, -0.15) is 8.42 Å². The molecule has 14 heavy (non-hydrogen) atoms. The van der Waals surface area contributed by atoms with Gasteiger partial charge < -0.3 is 0 Å². The first-order chi connectivity index (χ1) is 6.31. The van der Waals surface area contributed by atoms with Crippen LogP contribution in [0.3, 0.4) is 0 Å². The van der Waals surface area contributed by atoms with Gasteiger partial charge in [-0.15, -0.1) is 0 Å². The third kappa shape index (κ3) is 3.49. The van der Waals surface area contributed by atoms with Gasteiger partial charge in [-0.3, -0.25) is 4.18 Å². The molecule has 0 amide bonds. The zero-order valence-corrected chi connectivity index (χ0v) is 8.82. The second-order valence-electron chi connectivity index (χ2n) is 3.69. The standard InChI is InChI=1S/C8H14F2O3S/c1-14(11,12)13-6-7-4-2-3-5-8(7,9)10/h7H,2-6H2,1H3. The Hall–Kier alpha value is -0.230. The first-order valence-electron chi connectivity index (χ1n) is 4.53. The monoisotopic (exact) mass is 228 g/mol. The van der Waals surface area contributed by atoms with Gasteiger partial charge in [0.05, 0.1) is 12.9 Å². The predicted octanol–water partition coefficient (Wildman–Crippen LogP) is 1.79. The molecule has 0 aromatic carbocycles. The summed E-state index contributed by atoms with van der Waals surface area (Å²) in [5.41, 5.74) is 0. The molecule has 0 heterocycles. The molecule has 1 unspecified atom stereocenters. The van der Waals surface area contributed by atoms with Crippen molar-refractivity contribution in [3.8, 4) is 0 Å². The molecule has 3 nitrogen and oxygen atoms in total. The summed E-state index contributed by atoms with van der Waals surface area (Å²) in [7, 11) is -3.61. The molecule has 0 spiro atoms. The summed E-state index contributed by atoms with van der Waals surface area (Å²) in [4.78, 5) is 0. The Balaban J connectivity index is 2.50. The van der Waals surface area contributed by atoms with Crippen molar-refractivity contribution in [1.82, 2.24) is 0 Å². The molecule has 6 heteroatoms. The van der Waals surface area contributed by atoms with Crippen LogP contribution >= 0.6 is 0 Å². The minimum Gasteiger partial charge on any atom is -0.270 e. The second-order valence-corrected chi connectivity index (χ2v) is 5.34. The van der Waals surface area contributed by atoms with Gasteiger partial charge in [0.2, 0.25) is 0 Å². The van der Waals surface area contributed by atoms with Crippen LogP contribution in [0, 0.1) is 5.92 Å². The van der Waals surface area contributed by atoms with Crippen LogP contribution in [0.1, 0.15) is 25.7 Å². The van der Waals surface area contributed by atoms with E-state index in [2.05, 4.69) is 4.18 Å². The fraction of sp³-hybridized carbons (Fsp3) is 1.00. The maximum atomic E-state index is 13.2. The lowest BCUT2D eigenvalue weighted by Crippen LogP contribution is -2.35. The van der Waals surface area contributed by atoms with Crippen LogP contribution in [0.25, 0.3) is 0 Å². The number of halogens is 2. The highest BCUT2D eigenvalue weighted by Crippen LogP contribution is 2.38. The largest absolute Gasteiger partial charge is 0.270 e. The average molecular weight is 228 g/mol. The van der Waals surface area contributed by atoms with E-state index in [1.165, 1.54) is 0 Å². The van der Waals surface area contributed by atoms with Crippen LogP contribution in [0.4, 0.5) is 8.78 Å². The third-order valence-electron chi connectivity index (χ3n) is 2.39. The van der Waals surface area contributed by atoms with Crippen molar-refractivity contribution < 1.29 is 21.4 Å². The summed E-state index contributed by atoms with van der Waals surface area (Å²) in [6.07, 6.45) is 2.26. The molecule has 1 fully saturated rings. The van der Waals surface area contributed by atoms with E-state index in [1.807, 2.05) is 0 Å². The van der Waals surface area contributed by atoms with Crippen molar-refractivity contribution in [2.24, 2.45) is 5.92 Å². The Morgan fingerprint density at radius 2 is 2.07 bits per heavy atom. The number of hydrogen-bond donors (Lipinski definition) is 0. The van der Waals surface area contributed by atoms with Gasteiger partial charge in [-0.1, -0.05) is 6.42 Å². The quantitative estimate of drug-likeness (QED) is 0.692. The molecule has 0 aromatic rings. The fourth-order valence-corrected chi connectivity index (χ4v) is 1.99. The van der Waals surface area contributed by atoms with Crippen molar-refractivity contribution in [2.45, 2.75) is 31.6 Å². The van der Waals surface area contributed by atoms with Crippen molar-refractivity contribution >= 4 is 10.1 Å². The summed E-state index contributed by atoms with van der Waals surface area (Å²) in [5.74, 6) is -3.73. The van der Waals surface area contributed by atoms with E-state index in [4.69, 9.17) is 0 Å². The zero-order valence-electron chi connectivity index (χ0n) is 8.00. The van der Waals surface area contributed by atoms with E-state index in [9.17, 15) is 17.2 Å². The van der Waals surface area contributed by atoms with Gasteiger partial charge in [0.25, 0.3) is 16.0 Å². The van der Waals surface area contributed by atoms with Crippen LogP contribution in [0.15, 0.2) is 0 Å². The molecule has 0 bridgehead atoms. The Labute approximate surface area is 82.6 Å². The van der Waals surface area contributed by atoms with E-state index in [-0.39, 0.29) is 6.42 Å². The highest BCUT2D eigenvalue weighted by Gasteiger charge is 2.41. The van der Waals surface area contributed by atoms with Gasteiger partial charge >= 0.3 is 0 Å². The van der Waals surface area contributed by atoms with Crippen LogP contribution < -0.4 is 0 Å². The summed E-state index contributed by atoms with van der Waals surface area (Å²) in [6, 6.07) is 0. The molecular weight excluding hydrogens is 214 g/mol. The van der Waals surface area contributed by atoms with E-state index < -0.39 is 28.6 Å². The van der Waals surface area contributed by atoms with Gasteiger partial charge in [-0.25, -0.2) is 8.78 Å². The smallest absolute Gasteiger partial charge is 0.264 e. The van der Waals surface area contributed by atoms with Crippen molar-refractivity contribution in [2.75, 3.05) is 12.9 Å². The molecule has 1 atom stereocenters. The normalized spacial score (nSPS) is 27.5. The third-order valence-corrected chi connectivity index (χ3v) is 2.96. The van der Waals surface area contributed by atoms with E-state index in [1.54, 1.807) is 0 Å². The second kappa shape index (κ2) is 4.10. The molecule has 1 aliphatic rings. The number of rotatable bonds is 3. The number of hydrogen-bond acceptors (Lipinski definition) is 3. The average Bonchev–Trinajstić information content (AvgIpc) is 2.00. The van der Waals surface area contributed by atoms with Crippen molar-refractivity contribution in [3.05, 3.63) is 0 Å². The Morgan fingerprint density at radius 3 is 2.57 bits per heavy atom. The molecule has 1 saturated carbocycles. The molecule has 1 aliphatic carbocycles.